The van der Waals surface area contributed by atoms with Crippen LogP contribution >= 0.6 is 0 Å². The van der Waals surface area contributed by atoms with Gasteiger partial charge in [-0.2, -0.15) is 0 Å². The van der Waals surface area contributed by atoms with E-state index in [-0.39, 0.29) is 5.91 Å². The number of ether oxygens (including phenoxy) is 2. The molecule has 2 aromatic carbocycles. The van der Waals surface area contributed by atoms with Gasteiger partial charge in [0.1, 0.15) is 5.75 Å². The van der Waals surface area contributed by atoms with E-state index in [9.17, 15) is 4.79 Å². The number of methoxy groups -OCH3 is 1. The molecule has 24 heavy (non-hydrogen) atoms. The van der Waals surface area contributed by atoms with Crippen molar-refractivity contribution >= 4 is 23.0 Å². The van der Waals surface area contributed by atoms with Crippen LogP contribution < -0.4 is 21.1 Å². The summed E-state index contributed by atoms with van der Waals surface area (Å²) in [5.41, 5.74) is 8.37. The highest BCUT2D eigenvalue weighted by molar-refractivity contribution is 6.01. The molecular weight excluding hydrogens is 306 g/mol. The van der Waals surface area contributed by atoms with E-state index in [1.54, 1.807) is 25.3 Å². The molecule has 0 fully saturated rings. The van der Waals surface area contributed by atoms with Crippen LogP contribution in [-0.4, -0.2) is 32.8 Å². The Morgan fingerprint density at radius 3 is 2.58 bits per heavy atom. The number of rotatable bonds is 8. The summed E-state index contributed by atoms with van der Waals surface area (Å²) in [6, 6.07) is 12.7. The zero-order chi connectivity index (χ0) is 17.4. The summed E-state index contributed by atoms with van der Waals surface area (Å²) in [5, 5.41) is 6.04. The van der Waals surface area contributed by atoms with E-state index in [2.05, 4.69) is 10.6 Å². The van der Waals surface area contributed by atoms with Crippen molar-refractivity contribution in [2.45, 2.75) is 6.92 Å². The second kappa shape index (κ2) is 8.79. The fourth-order valence-corrected chi connectivity index (χ4v) is 2.18. The maximum Gasteiger partial charge on any atom is 0.253 e. The quantitative estimate of drug-likeness (QED) is 0.512. The highest BCUT2D eigenvalue weighted by Gasteiger charge is 2.12. The molecule has 0 bridgehead atoms. The van der Waals surface area contributed by atoms with Gasteiger partial charge in [0.05, 0.1) is 24.5 Å². The van der Waals surface area contributed by atoms with Gasteiger partial charge in [0.2, 0.25) is 0 Å². The van der Waals surface area contributed by atoms with Crippen LogP contribution in [0.4, 0.5) is 17.1 Å². The number of hydrogen-bond acceptors (Lipinski definition) is 5. The topological polar surface area (TPSA) is 85.6 Å². The van der Waals surface area contributed by atoms with E-state index >= 15 is 0 Å². The molecule has 4 N–H and O–H groups in total. The van der Waals surface area contributed by atoms with Crippen LogP contribution in [0, 0.1) is 0 Å². The van der Waals surface area contributed by atoms with Crippen molar-refractivity contribution in [2.24, 2.45) is 0 Å². The summed E-state index contributed by atoms with van der Waals surface area (Å²) < 4.78 is 10.4. The standard InChI is InChI=1S/C18H23N3O3/c1-3-24-15-7-5-14(6-8-15)21-17-9-4-13(19)12-16(17)18(22)20-10-11-23-2/h4-9,12,21H,3,10-11,19H2,1-2H3,(H,20,22). The van der Waals surface area contributed by atoms with Gasteiger partial charge >= 0.3 is 0 Å². The zero-order valence-corrected chi connectivity index (χ0v) is 14.0. The molecule has 6 heteroatoms. The van der Waals surface area contributed by atoms with E-state index < -0.39 is 0 Å². The second-order valence-electron chi connectivity index (χ2n) is 5.14. The van der Waals surface area contributed by atoms with E-state index in [0.29, 0.717) is 36.7 Å². The molecule has 128 valence electrons. The summed E-state index contributed by atoms with van der Waals surface area (Å²) in [5.74, 6) is 0.602. The number of amides is 1. The molecule has 0 atom stereocenters. The minimum Gasteiger partial charge on any atom is -0.494 e. The third-order valence-electron chi connectivity index (χ3n) is 3.32. The highest BCUT2D eigenvalue weighted by Crippen LogP contribution is 2.24. The number of nitrogens with two attached hydrogens (primary N) is 1. The maximum atomic E-state index is 12.3. The van der Waals surface area contributed by atoms with E-state index in [1.807, 2.05) is 31.2 Å². The molecule has 0 aliphatic heterocycles. The fraction of sp³-hybridized carbons (Fsp3) is 0.278. The Morgan fingerprint density at radius 2 is 1.92 bits per heavy atom. The van der Waals surface area contributed by atoms with Crippen LogP contribution in [0.5, 0.6) is 5.75 Å². The van der Waals surface area contributed by atoms with Gasteiger partial charge in [-0.3, -0.25) is 4.79 Å². The Morgan fingerprint density at radius 1 is 1.17 bits per heavy atom. The minimum absolute atomic E-state index is 0.201. The number of anilines is 3. The SMILES string of the molecule is CCOc1ccc(Nc2ccc(N)cc2C(=O)NCCOC)cc1. The monoisotopic (exact) mass is 329 g/mol. The smallest absolute Gasteiger partial charge is 0.253 e. The van der Waals surface area contributed by atoms with E-state index in [1.165, 1.54) is 0 Å². The number of carbonyl (C=O) groups is 1. The molecule has 2 rings (SSSR count). The van der Waals surface area contributed by atoms with Gasteiger partial charge in [-0.05, 0) is 49.4 Å². The maximum absolute atomic E-state index is 12.3. The van der Waals surface area contributed by atoms with E-state index in [0.717, 1.165) is 11.4 Å². The second-order valence-corrected chi connectivity index (χ2v) is 5.14. The number of benzene rings is 2. The number of hydrogen-bond donors (Lipinski definition) is 3. The molecule has 0 aliphatic rings. The number of nitrogen functional groups attached to an aromatic ring is 1. The molecule has 6 nitrogen and oxygen atoms in total. The highest BCUT2D eigenvalue weighted by atomic mass is 16.5. The lowest BCUT2D eigenvalue weighted by Gasteiger charge is -2.13. The van der Waals surface area contributed by atoms with Crippen LogP contribution in [0.1, 0.15) is 17.3 Å². The molecule has 2 aromatic rings. The van der Waals surface area contributed by atoms with Crippen molar-refractivity contribution in [1.82, 2.24) is 5.32 Å². The molecule has 0 unspecified atom stereocenters. The Balaban J connectivity index is 2.15. The molecular formula is C18H23N3O3. The first-order valence-corrected chi connectivity index (χ1v) is 7.80. The summed E-state index contributed by atoms with van der Waals surface area (Å²) in [6.45, 7) is 3.45. The molecule has 0 radical (unpaired) electrons. The third kappa shape index (κ3) is 4.89. The Bertz CT molecular complexity index is 672. The van der Waals surface area contributed by atoms with Gasteiger partial charge < -0.3 is 25.8 Å². The number of carbonyl (C=O) groups excluding carboxylic acids is 1. The van der Waals surface area contributed by atoms with Gasteiger partial charge in [-0.1, -0.05) is 0 Å². The first-order valence-electron chi connectivity index (χ1n) is 7.80. The third-order valence-corrected chi connectivity index (χ3v) is 3.32. The van der Waals surface area contributed by atoms with Crippen molar-refractivity contribution in [2.75, 3.05) is 37.9 Å². The molecule has 0 spiro atoms. The average molecular weight is 329 g/mol. The fourth-order valence-electron chi connectivity index (χ4n) is 2.18. The van der Waals surface area contributed by atoms with Crippen molar-refractivity contribution in [3.05, 3.63) is 48.0 Å². The molecule has 0 heterocycles. The van der Waals surface area contributed by atoms with Crippen LogP contribution in [0.3, 0.4) is 0 Å². The van der Waals surface area contributed by atoms with Gasteiger partial charge in [0, 0.05) is 25.0 Å². The number of nitrogens with one attached hydrogen (secondary N) is 2. The first-order chi connectivity index (χ1) is 11.6. The van der Waals surface area contributed by atoms with Crippen LogP contribution in [0.15, 0.2) is 42.5 Å². The predicted molar refractivity (Wildman–Crippen MR) is 96.0 cm³/mol. The molecule has 0 saturated heterocycles. The van der Waals surface area contributed by atoms with Crippen LogP contribution in [0.25, 0.3) is 0 Å². The molecule has 0 aliphatic carbocycles. The molecule has 0 aromatic heterocycles. The van der Waals surface area contributed by atoms with Crippen LogP contribution in [-0.2, 0) is 4.74 Å². The normalized spacial score (nSPS) is 10.2. The summed E-state index contributed by atoms with van der Waals surface area (Å²) in [7, 11) is 1.59. The van der Waals surface area contributed by atoms with Crippen molar-refractivity contribution < 1.29 is 14.3 Å². The average Bonchev–Trinajstić information content (AvgIpc) is 2.58. The Kier molecular flexibility index (Phi) is 6.45. The summed E-state index contributed by atoms with van der Waals surface area (Å²) in [4.78, 5) is 12.3. The largest absolute Gasteiger partial charge is 0.494 e. The predicted octanol–water partition coefficient (Wildman–Crippen LogP) is 2.79. The summed E-state index contributed by atoms with van der Waals surface area (Å²) >= 11 is 0. The first kappa shape index (κ1) is 17.6. The van der Waals surface area contributed by atoms with Gasteiger partial charge in [0.25, 0.3) is 5.91 Å². The van der Waals surface area contributed by atoms with E-state index in [4.69, 9.17) is 15.2 Å². The van der Waals surface area contributed by atoms with Crippen molar-refractivity contribution in [3.63, 3.8) is 0 Å². The van der Waals surface area contributed by atoms with Gasteiger partial charge in [-0.15, -0.1) is 0 Å². The van der Waals surface area contributed by atoms with Crippen molar-refractivity contribution in [3.8, 4) is 5.75 Å². The lowest BCUT2D eigenvalue weighted by molar-refractivity contribution is 0.0938. The lowest BCUT2D eigenvalue weighted by Crippen LogP contribution is -2.27. The summed E-state index contributed by atoms with van der Waals surface area (Å²) in [6.07, 6.45) is 0. The zero-order valence-electron chi connectivity index (χ0n) is 14.0. The minimum atomic E-state index is -0.201. The lowest BCUT2D eigenvalue weighted by atomic mass is 10.1. The van der Waals surface area contributed by atoms with Gasteiger partial charge in [-0.25, -0.2) is 0 Å². The Labute approximate surface area is 142 Å². The van der Waals surface area contributed by atoms with Crippen molar-refractivity contribution in [1.29, 1.82) is 0 Å². The molecule has 0 saturated carbocycles. The Hall–Kier alpha value is -2.73. The molecule has 1 amide bonds. The van der Waals surface area contributed by atoms with Crippen LogP contribution in [0.2, 0.25) is 0 Å². The van der Waals surface area contributed by atoms with Gasteiger partial charge in [0.15, 0.2) is 0 Å².